The number of anilines is 1. The third-order valence-corrected chi connectivity index (χ3v) is 7.00. The van der Waals surface area contributed by atoms with Crippen LogP contribution in [0.3, 0.4) is 0 Å². The van der Waals surface area contributed by atoms with Crippen LogP contribution in [0.4, 0.5) is 5.82 Å². The first-order valence-electron chi connectivity index (χ1n) is 8.41. The molecule has 0 aliphatic carbocycles. The minimum absolute atomic E-state index is 0.166. The molecule has 1 aromatic heterocycles. The Labute approximate surface area is 157 Å². The molecule has 1 saturated heterocycles. The highest BCUT2D eigenvalue weighted by molar-refractivity contribution is 7.89. The largest absolute Gasteiger partial charge is 0.354 e. The zero-order valence-electron chi connectivity index (χ0n) is 14.0. The van der Waals surface area contributed by atoms with Gasteiger partial charge in [0, 0.05) is 31.6 Å². The van der Waals surface area contributed by atoms with Gasteiger partial charge in [-0.15, -0.1) is 0 Å². The second kappa shape index (κ2) is 6.87. The number of fused-ring (bicyclic) bond motifs is 1. The summed E-state index contributed by atoms with van der Waals surface area (Å²) in [5, 5.41) is 1.35. The van der Waals surface area contributed by atoms with Crippen LogP contribution in [0.15, 0.2) is 65.6 Å². The molecule has 134 valence electrons. The van der Waals surface area contributed by atoms with Crippen molar-refractivity contribution < 1.29 is 8.42 Å². The molecule has 0 atom stereocenters. The molecule has 0 unspecified atom stereocenters. The van der Waals surface area contributed by atoms with E-state index in [1.165, 1.54) is 4.31 Å². The summed E-state index contributed by atoms with van der Waals surface area (Å²) in [4.78, 5) is 6.98. The molecule has 0 radical (unpaired) electrons. The molecular formula is C19H18ClN3O2S. The summed E-state index contributed by atoms with van der Waals surface area (Å²) in [7, 11) is -3.58. The number of rotatable bonds is 3. The lowest BCUT2D eigenvalue weighted by Crippen LogP contribution is -2.49. The standard InChI is InChI=1S/C19H18ClN3O2S/c20-16-6-2-4-8-18(16)26(24,25)23-13-11-22(12-14-23)19-10-9-15-5-1-3-7-17(15)21-19/h1-10H,11-14H2. The molecule has 4 rings (SSSR count). The first-order chi connectivity index (χ1) is 12.6. The molecule has 26 heavy (non-hydrogen) atoms. The number of hydrogen-bond donors (Lipinski definition) is 0. The smallest absolute Gasteiger partial charge is 0.244 e. The highest BCUT2D eigenvalue weighted by Gasteiger charge is 2.30. The Balaban J connectivity index is 1.52. The second-order valence-corrected chi connectivity index (χ2v) is 8.50. The van der Waals surface area contributed by atoms with E-state index in [0.717, 1.165) is 16.7 Å². The van der Waals surface area contributed by atoms with Crippen molar-refractivity contribution in [3.05, 3.63) is 65.7 Å². The highest BCUT2D eigenvalue weighted by Crippen LogP contribution is 2.26. The second-order valence-electron chi connectivity index (χ2n) is 6.18. The quantitative estimate of drug-likeness (QED) is 0.691. The van der Waals surface area contributed by atoms with E-state index in [4.69, 9.17) is 16.6 Å². The molecule has 1 aliphatic rings. The maximum absolute atomic E-state index is 12.8. The lowest BCUT2D eigenvalue weighted by atomic mass is 10.2. The molecule has 1 aliphatic heterocycles. The van der Waals surface area contributed by atoms with Crippen LogP contribution in [0.1, 0.15) is 0 Å². The molecule has 0 amide bonds. The van der Waals surface area contributed by atoms with E-state index in [9.17, 15) is 8.42 Å². The number of nitrogens with zero attached hydrogens (tertiary/aromatic N) is 3. The molecule has 1 fully saturated rings. The Kier molecular flexibility index (Phi) is 4.56. The molecule has 0 spiro atoms. The summed E-state index contributed by atoms with van der Waals surface area (Å²) in [6.07, 6.45) is 0. The van der Waals surface area contributed by atoms with Gasteiger partial charge in [-0.25, -0.2) is 13.4 Å². The number of aromatic nitrogens is 1. The Bertz CT molecular complexity index is 1050. The molecule has 2 heterocycles. The minimum atomic E-state index is -3.58. The maximum Gasteiger partial charge on any atom is 0.244 e. The Morgan fingerprint density at radius 1 is 0.846 bits per heavy atom. The van der Waals surface area contributed by atoms with E-state index in [1.807, 2.05) is 36.4 Å². The van der Waals surface area contributed by atoms with Gasteiger partial charge >= 0.3 is 0 Å². The van der Waals surface area contributed by atoms with Gasteiger partial charge in [0.05, 0.1) is 10.5 Å². The van der Waals surface area contributed by atoms with Gasteiger partial charge in [0.1, 0.15) is 10.7 Å². The van der Waals surface area contributed by atoms with E-state index in [2.05, 4.69) is 4.90 Å². The topological polar surface area (TPSA) is 53.5 Å². The van der Waals surface area contributed by atoms with Crippen LogP contribution in [-0.4, -0.2) is 43.9 Å². The first kappa shape index (κ1) is 17.3. The van der Waals surface area contributed by atoms with Gasteiger partial charge in [-0.1, -0.05) is 41.9 Å². The van der Waals surface area contributed by atoms with Crippen molar-refractivity contribution in [2.24, 2.45) is 0 Å². The zero-order valence-corrected chi connectivity index (χ0v) is 15.6. The fourth-order valence-corrected chi connectivity index (χ4v) is 5.10. The van der Waals surface area contributed by atoms with Crippen LogP contribution in [0, 0.1) is 0 Å². The van der Waals surface area contributed by atoms with Crippen LogP contribution in [0.25, 0.3) is 10.9 Å². The van der Waals surface area contributed by atoms with Crippen molar-refractivity contribution in [3.8, 4) is 0 Å². The molecular weight excluding hydrogens is 370 g/mol. The van der Waals surface area contributed by atoms with E-state index < -0.39 is 10.0 Å². The van der Waals surface area contributed by atoms with Gasteiger partial charge in [0.2, 0.25) is 10.0 Å². The summed E-state index contributed by atoms with van der Waals surface area (Å²) in [6, 6.07) is 18.6. The lowest BCUT2D eigenvalue weighted by Gasteiger charge is -2.34. The molecule has 3 aromatic rings. The monoisotopic (exact) mass is 387 g/mol. The summed E-state index contributed by atoms with van der Waals surface area (Å²) < 4.78 is 27.2. The van der Waals surface area contributed by atoms with Crippen molar-refractivity contribution in [2.75, 3.05) is 31.1 Å². The Hall–Kier alpha value is -2.15. The molecule has 5 nitrogen and oxygen atoms in total. The third-order valence-electron chi connectivity index (χ3n) is 4.60. The van der Waals surface area contributed by atoms with Crippen LogP contribution in [0.5, 0.6) is 0 Å². The van der Waals surface area contributed by atoms with Crippen LogP contribution in [-0.2, 0) is 10.0 Å². The zero-order chi connectivity index (χ0) is 18.1. The Morgan fingerprint density at radius 3 is 2.31 bits per heavy atom. The third kappa shape index (κ3) is 3.16. The molecule has 0 bridgehead atoms. The van der Waals surface area contributed by atoms with E-state index in [-0.39, 0.29) is 9.92 Å². The van der Waals surface area contributed by atoms with E-state index in [0.29, 0.717) is 26.2 Å². The molecule has 2 aromatic carbocycles. The number of piperazine rings is 1. The normalized spacial score (nSPS) is 16.1. The van der Waals surface area contributed by atoms with Crippen molar-refractivity contribution in [1.82, 2.24) is 9.29 Å². The van der Waals surface area contributed by atoms with Crippen molar-refractivity contribution >= 4 is 38.3 Å². The summed E-state index contributed by atoms with van der Waals surface area (Å²) >= 11 is 6.08. The van der Waals surface area contributed by atoms with Crippen LogP contribution < -0.4 is 4.90 Å². The number of pyridine rings is 1. The lowest BCUT2D eigenvalue weighted by molar-refractivity contribution is 0.384. The number of sulfonamides is 1. The molecule has 0 N–H and O–H groups in total. The average molecular weight is 388 g/mol. The summed E-state index contributed by atoms with van der Waals surface area (Å²) in [5.74, 6) is 0.874. The fourth-order valence-electron chi connectivity index (χ4n) is 3.18. The predicted molar refractivity (Wildman–Crippen MR) is 104 cm³/mol. The van der Waals surface area contributed by atoms with E-state index >= 15 is 0 Å². The number of para-hydroxylation sites is 1. The van der Waals surface area contributed by atoms with Gasteiger partial charge in [-0.05, 0) is 30.3 Å². The summed E-state index contributed by atoms with van der Waals surface area (Å²) in [5.41, 5.74) is 0.941. The Morgan fingerprint density at radius 2 is 1.54 bits per heavy atom. The number of benzene rings is 2. The van der Waals surface area contributed by atoms with Crippen LogP contribution in [0.2, 0.25) is 5.02 Å². The van der Waals surface area contributed by atoms with Gasteiger partial charge in [-0.2, -0.15) is 4.31 Å². The van der Waals surface area contributed by atoms with E-state index in [1.54, 1.807) is 24.3 Å². The van der Waals surface area contributed by atoms with Gasteiger partial charge < -0.3 is 4.90 Å². The van der Waals surface area contributed by atoms with Crippen molar-refractivity contribution in [2.45, 2.75) is 4.90 Å². The van der Waals surface area contributed by atoms with Gasteiger partial charge in [0.25, 0.3) is 0 Å². The number of hydrogen-bond acceptors (Lipinski definition) is 4. The van der Waals surface area contributed by atoms with Crippen molar-refractivity contribution in [3.63, 3.8) is 0 Å². The SMILES string of the molecule is O=S(=O)(c1ccccc1Cl)N1CCN(c2ccc3ccccc3n2)CC1. The average Bonchev–Trinajstić information content (AvgIpc) is 2.68. The molecule has 0 saturated carbocycles. The first-order valence-corrected chi connectivity index (χ1v) is 10.2. The maximum atomic E-state index is 12.8. The van der Waals surface area contributed by atoms with Gasteiger partial charge in [0.15, 0.2) is 0 Å². The molecule has 7 heteroatoms. The van der Waals surface area contributed by atoms with Crippen molar-refractivity contribution in [1.29, 1.82) is 0 Å². The van der Waals surface area contributed by atoms with Crippen LogP contribution >= 0.6 is 11.6 Å². The summed E-state index contributed by atoms with van der Waals surface area (Å²) in [6.45, 7) is 1.99. The fraction of sp³-hybridized carbons (Fsp3) is 0.211. The minimum Gasteiger partial charge on any atom is -0.354 e. The highest BCUT2D eigenvalue weighted by atomic mass is 35.5. The van der Waals surface area contributed by atoms with Gasteiger partial charge in [-0.3, -0.25) is 0 Å². The number of halogens is 1. The predicted octanol–water partition coefficient (Wildman–Crippen LogP) is 3.40.